The van der Waals surface area contributed by atoms with E-state index in [2.05, 4.69) is 11.8 Å². The van der Waals surface area contributed by atoms with E-state index in [1.807, 2.05) is 25.1 Å². The third kappa shape index (κ3) is 2.72. The maximum Gasteiger partial charge on any atom is 0.131 e. The van der Waals surface area contributed by atoms with Crippen LogP contribution in [0.25, 0.3) is 0 Å². The van der Waals surface area contributed by atoms with Crippen molar-refractivity contribution in [2.75, 3.05) is 0 Å². The molecular formula is C12H12O2. The highest BCUT2D eigenvalue weighted by molar-refractivity contribution is 5.55. The SMILES string of the molecule is Cc1cc(C#CCC=O)ccc1CO. The van der Waals surface area contributed by atoms with Crippen molar-refractivity contribution in [3.05, 3.63) is 34.9 Å². The fourth-order valence-corrected chi connectivity index (χ4v) is 1.15. The summed E-state index contributed by atoms with van der Waals surface area (Å²) in [6, 6.07) is 5.60. The molecule has 0 fully saturated rings. The molecule has 0 bridgehead atoms. The Morgan fingerprint density at radius 1 is 1.50 bits per heavy atom. The van der Waals surface area contributed by atoms with E-state index in [1.54, 1.807) is 0 Å². The Hall–Kier alpha value is -1.59. The number of benzene rings is 1. The minimum absolute atomic E-state index is 0.0495. The molecule has 0 aliphatic heterocycles. The first kappa shape index (κ1) is 10.5. The summed E-state index contributed by atoms with van der Waals surface area (Å²) < 4.78 is 0. The second-order valence-corrected chi connectivity index (χ2v) is 2.97. The number of hydrogen-bond acceptors (Lipinski definition) is 2. The average molecular weight is 188 g/mol. The minimum atomic E-state index is 0.0495. The Kier molecular flexibility index (Phi) is 3.90. The molecule has 1 aromatic carbocycles. The van der Waals surface area contributed by atoms with Gasteiger partial charge >= 0.3 is 0 Å². The molecule has 0 aliphatic rings. The first-order chi connectivity index (χ1) is 6.77. The average Bonchev–Trinajstić information content (AvgIpc) is 2.18. The Labute approximate surface area is 83.6 Å². The molecule has 0 aliphatic carbocycles. The maximum absolute atomic E-state index is 10.0. The molecule has 2 nitrogen and oxygen atoms in total. The topological polar surface area (TPSA) is 37.3 Å². The number of aldehydes is 1. The van der Waals surface area contributed by atoms with Crippen LogP contribution in [0.2, 0.25) is 0 Å². The van der Waals surface area contributed by atoms with Crippen LogP contribution < -0.4 is 0 Å². The molecule has 0 saturated carbocycles. The Morgan fingerprint density at radius 3 is 2.86 bits per heavy atom. The van der Waals surface area contributed by atoms with E-state index in [0.717, 1.165) is 23.0 Å². The van der Waals surface area contributed by atoms with Gasteiger partial charge in [0.15, 0.2) is 0 Å². The second-order valence-electron chi connectivity index (χ2n) is 2.97. The monoisotopic (exact) mass is 188 g/mol. The van der Waals surface area contributed by atoms with Gasteiger partial charge in [0.1, 0.15) is 6.29 Å². The van der Waals surface area contributed by atoms with Crippen LogP contribution in [0, 0.1) is 18.8 Å². The summed E-state index contributed by atoms with van der Waals surface area (Å²) in [7, 11) is 0. The molecule has 0 saturated heterocycles. The van der Waals surface area contributed by atoms with Crippen LogP contribution >= 0.6 is 0 Å². The lowest BCUT2D eigenvalue weighted by Crippen LogP contribution is -1.88. The summed E-state index contributed by atoms with van der Waals surface area (Å²) in [5.74, 6) is 5.61. The molecule has 1 aromatic rings. The Morgan fingerprint density at radius 2 is 2.29 bits per heavy atom. The van der Waals surface area contributed by atoms with Crippen LogP contribution in [-0.2, 0) is 11.4 Å². The normalized spacial score (nSPS) is 9.00. The van der Waals surface area contributed by atoms with Crippen molar-refractivity contribution in [3.8, 4) is 11.8 Å². The van der Waals surface area contributed by atoms with Gasteiger partial charge in [-0.1, -0.05) is 17.9 Å². The largest absolute Gasteiger partial charge is 0.392 e. The van der Waals surface area contributed by atoms with Crippen LogP contribution in [-0.4, -0.2) is 11.4 Å². The van der Waals surface area contributed by atoms with Gasteiger partial charge in [0.05, 0.1) is 13.0 Å². The van der Waals surface area contributed by atoms with E-state index >= 15 is 0 Å². The lowest BCUT2D eigenvalue weighted by atomic mass is 10.1. The highest BCUT2D eigenvalue weighted by atomic mass is 16.3. The van der Waals surface area contributed by atoms with Crippen molar-refractivity contribution in [2.24, 2.45) is 0 Å². The van der Waals surface area contributed by atoms with Gasteiger partial charge in [0.25, 0.3) is 0 Å². The molecule has 72 valence electrons. The standard InChI is InChI=1S/C12H12O2/c1-10-8-11(4-2-3-7-13)5-6-12(10)9-14/h5-8,14H,3,9H2,1H3. The quantitative estimate of drug-likeness (QED) is 0.563. The number of aliphatic hydroxyl groups excluding tert-OH is 1. The van der Waals surface area contributed by atoms with E-state index in [4.69, 9.17) is 5.11 Å². The van der Waals surface area contributed by atoms with Crippen molar-refractivity contribution < 1.29 is 9.90 Å². The van der Waals surface area contributed by atoms with Crippen LogP contribution in [0.4, 0.5) is 0 Å². The molecule has 0 unspecified atom stereocenters. The van der Waals surface area contributed by atoms with E-state index in [0.29, 0.717) is 0 Å². The van der Waals surface area contributed by atoms with Crippen LogP contribution in [0.5, 0.6) is 0 Å². The van der Waals surface area contributed by atoms with Crippen molar-refractivity contribution in [2.45, 2.75) is 20.0 Å². The van der Waals surface area contributed by atoms with Gasteiger partial charge in [-0.05, 0) is 30.2 Å². The molecule has 0 atom stereocenters. The van der Waals surface area contributed by atoms with E-state index in [9.17, 15) is 4.79 Å². The van der Waals surface area contributed by atoms with E-state index in [-0.39, 0.29) is 13.0 Å². The number of carbonyl (C=O) groups is 1. The van der Waals surface area contributed by atoms with Gasteiger partial charge in [-0.25, -0.2) is 0 Å². The lowest BCUT2D eigenvalue weighted by molar-refractivity contribution is -0.107. The van der Waals surface area contributed by atoms with Crippen LogP contribution in [0.15, 0.2) is 18.2 Å². The minimum Gasteiger partial charge on any atom is -0.392 e. The number of aryl methyl sites for hydroxylation is 1. The molecule has 0 radical (unpaired) electrons. The van der Waals surface area contributed by atoms with E-state index < -0.39 is 0 Å². The number of carbonyl (C=O) groups excluding carboxylic acids is 1. The van der Waals surface area contributed by atoms with Gasteiger partial charge in [0.2, 0.25) is 0 Å². The van der Waals surface area contributed by atoms with Gasteiger partial charge in [-0.15, -0.1) is 0 Å². The van der Waals surface area contributed by atoms with Crippen LogP contribution in [0.3, 0.4) is 0 Å². The summed E-state index contributed by atoms with van der Waals surface area (Å²) in [5, 5.41) is 8.94. The zero-order valence-electron chi connectivity index (χ0n) is 8.08. The highest BCUT2D eigenvalue weighted by Gasteiger charge is 1.96. The van der Waals surface area contributed by atoms with Gasteiger partial charge in [-0.3, -0.25) is 0 Å². The fourth-order valence-electron chi connectivity index (χ4n) is 1.15. The maximum atomic E-state index is 10.0. The van der Waals surface area contributed by atoms with Crippen molar-refractivity contribution in [3.63, 3.8) is 0 Å². The molecule has 1 rings (SSSR count). The summed E-state index contributed by atoms with van der Waals surface area (Å²) in [6.45, 7) is 1.98. The zero-order valence-corrected chi connectivity index (χ0v) is 8.08. The predicted molar refractivity (Wildman–Crippen MR) is 54.7 cm³/mol. The first-order valence-corrected chi connectivity index (χ1v) is 4.41. The summed E-state index contributed by atoms with van der Waals surface area (Å²) in [5.41, 5.74) is 2.80. The molecule has 2 heteroatoms. The smallest absolute Gasteiger partial charge is 0.131 e. The molecule has 0 aromatic heterocycles. The highest BCUT2D eigenvalue weighted by Crippen LogP contribution is 2.09. The number of hydrogen-bond donors (Lipinski definition) is 1. The molecule has 1 N–H and O–H groups in total. The number of rotatable bonds is 2. The third-order valence-electron chi connectivity index (χ3n) is 1.93. The molecule has 0 amide bonds. The fraction of sp³-hybridized carbons (Fsp3) is 0.250. The predicted octanol–water partition coefficient (Wildman–Crippen LogP) is 1.43. The first-order valence-electron chi connectivity index (χ1n) is 4.41. The lowest BCUT2D eigenvalue weighted by Gasteiger charge is -2.01. The van der Waals surface area contributed by atoms with Gasteiger partial charge in [0, 0.05) is 5.56 Å². The van der Waals surface area contributed by atoms with Crippen molar-refractivity contribution in [1.82, 2.24) is 0 Å². The summed E-state index contributed by atoms with van der Waals surface area (Å²) >= 11 is 0. The number of aliphatic hydroxyl groups is 1. The van der Waals surface area contributed by atoms with Crippen LogP contribution in [0.1, 0.15) is 23.1 Å². The zero-order chi connectivity index (χ0) is 10.4. The van der Waals surface area contributed by atoms with E-state index in [1.165, 1.54) is 0 Å². The Bertz CT molecular complexity index is 383. The summed E-state index contributed by atoms with van der Waals surface area (Å²) in [6.07, 6.45) is 1.04. The van der Waals surface area contributed by atoms with Crippen molar-refractivity contribution in [1.29, 1.82) is 0 Å². The molecule has 14 heavy (non-hydrogen) atoms. The molecule has 0 spiro atoms. The second kappa shape index (κ2) is 5.21. The molecular weight excluding hydrogens is 176 g/mol. The molecule has 0 heterocycles. The Balaban J connectivity index is 2.87. The summed E-state index contributed by atoms with van der Waals surface area (Å²) in [4.78, 5) is 10.0. The van der Waals surface area contributed by atoms with Gasteiger partial charge < -0.3 is 9.90 Å². The third-order valence-corrected chi connectivity index (χ3v) is 1.93. The van der Waals surface area contributed by atoms with Crippen molar-refractivity contribution >= 4 is 6.29 Å². The van der Waals surface area contributed by atoms with Gasteiger partial charge in [-0.2, -0.15) is 0 Å².